The Balaban J connectivity index is 0.00000288. The summed E-state index contributed by atoms with van der Waals surface area (Å²) < 4.78 is 18.7. The molecule has 1 unspecified atom stereocenters. The van der Waals surface area contributed by atoms with Crippen molar-refractivity contribution in [3.8, 4) is 5.75 Å². The number of rotatable bonds is 6. The van der Waals surface area contributed by atoms with Gasteiger partial charge in [-0.1, -0.05) is 0 Å². The lowest BCUT2D eigenvalue weighted by molar-refractivity contribution is -0.0204. The second-order valence-corrected chi connectivity index (χ2v) is 6.11. The fraction of sp³-hybridized carbons (Fsp3) is 0.471. The molecule has 1 aromatic heterocycles. The number of nitrogens with one attached hydrogen (secondary N) is 1. The van der Waals surface area contributed by atoms with Gasteiger partial charge in [0.05, 0.1) is 23.6 Å². The van der Waals surface area contributed by atoms with Crippen LogP contribution in [0.25, 0.3) is 10.9 Å². The molecule has 0 aliphatic heterocycles. The van der Waals surface area contributed by atoms with E-state index in [9.17, 15) is 14.3 Å². The molecule has 0 saturated carbocycles. The van der Waals surface area contributed by atoms with E-state index >= 15 is 0 Å². The molecule has 1 atom stereocenters. The number of hydrogen-bond acceptors (Lipinski definition) is 4. The maximum absolute atomic E-state index is 13.6. The number of halogens is 1. The largest absolute Gasteiger partial charge is 0.496 e. The number of aromatic nitrogens is 1. The monoisotopic (exact) mass is 324 g/mol. The Morgan fingerprint density at radius 3 is 2.43 bits per heavy atom. The third-order valence-electron chi connectivity index (χ3n) is 3.90. The summed E-state index contributed by atoms with van der Waals surface area (Å²) in [6.45, 7) is 7.67. The highest BCUT2D eigenvalue weighted by Gasteiger charge is 2.30. The van der Waals surface area contributed by atoms with E-state index in [2.05, 4.69) is 4.98 Å². The van der Waals surface area contributed by atoms with Crippen LogP contribution in [0.15, 0.2) is 18.3 Å². The molecular formula is C17H25FN2O3. The van der Waals surface area contributed by atoms with Crippen molar-refractivity contribution in [2.24, 2.45) is 0 Å². The quantitative estimate of drug-likeness (QED) is 0.633. The minimum atomic E-state index is -1.27. The van der Waals surface area contributed by atoms with Crippen molar-refractivity contribution in [3.05, 3.63) is 29.7 Å². The first-order chi connectivity index (χ1) is 10.8. The smallest absolute Gasteiger partial charge is 0.208 e. The number of ketones is 1. The van der Waals surface area contributed by atoms with E-state index in [4.69, 9.17) is 4.74 Å². The van der Waals surface area contributed by atoms with Crippen molar-refractivity contribution >= 4 is 16.7 Å². The number of carbonyl (C=O) groups is 1. The molecule has 2 N–H and O–H groups in total. The molecule has 1 heterocycles. The van der Waals surface area contributed by atoms with Gasteiger partial charge in [0.25, 0.3) is 0 Å². The molecule has 0 amide bonds. The molecule has 6 heteroatoms. The first-order valence-electron chi connectivity index (χ1n) is 7.62. The van der Waals surface area contributed by atoms with Gasteiger partial charge >= 0.3 is 0 Å². The number of aromatic amines is 1. The van der Waals surface area contributed by atoms with Gasteiger partial charge in [-0.2, -0.15) is 0 Å². The zero-order chi connectivity index (χ0) is 17.3. The summed E-state index contributed by atoms with van der Waals surface area (Å²) in [5.74, 6) is -0.636. The number of carbonyl (C=O) groups excluding carboxylic acids is 1. The summed E-state index contributed by atoms with van der Waals surface area (Å²) in [4.78, 5) is 17.3. The molecule has 0 radical (unpaired) electrons. The van der Waals surface area contributed by atoms with Crippen LogP contribution in [-0.2, 0) is 0 Å². The van der Waals surface area contributed by atoms with E-state index in [1.807, 2.05) is 27.7 Å². The predicted octanol–water partition coefficient (Wildman–Crippen LogP) is 3.18. The lowest BCUT2D eigenvalue weighted by Crippen LogP contribution is -2.49. The van der Waals surface area contributed by atoms with Crippen LogP contribution in [0.2, 0.25) is 0 Å². The fourth-order valence-corrected chi connectivity index (χ4v) is 2.99. The summed E-state index contributed by atoms with van der Waals surface area (Å²) in [5, 5.41) is 11.0. The molecule has 0 aliphatic carbocycles. The van der Waals surface area contributed by atoms with E-state index in [1.165, 1.54) is 25.4 Å². The summed E-state index contributed by atoms with van der Waals surface area (Å²) >= 11 is 0. The van der Waals surface area contributed by atoms with Gasteiger partial charge < -0.3 is 14.8 Å². The van der Waals surface area contributed by atoms with E-state index in [1.54, 1.807) is 4.90 Å². The maximum Gasteiger partial charge on any atom is 0.208 e. The third-order valence-corrected chi connectivity index (χ3v) is 3.90. The Labute approximate surface area is 136 Å². The summed E-state index contributed by atoms with van der Waals surface area (Å²) in [6.07, 6.45) is 0.209. The molecule has 0 aliphatic rings. The summed E-state index contributed by atoms with van der Waals surface area (Å²) in [5.41, 5.74) is 0.744. The zero-order valence-corrected chi connectivity index (χ0v) is 14.1. The Kier molecular flexibility index (Phi) is 5.06. The maximum atomic E-state index is 13.6. The van der Waals surface area contributed by atoms with Gasteiger partial charge in [0.15, 0.2) is 6.23 Å². The molecule has 0 bridgehead atoms. The molecule has 128 valence electrons. The topological polar surface area (TPSA) is 65.6 Å². The van der Waals surface area contributed by atoms with Gasteiger partial charge in [-0.15, -0.1) is 0 Å². The lowest BCUT2D eigenvalue weighted by Gasteiger charge is -2.34. The minimum absolute atomic E-state index is 0. The van der Waals surface area contributed by atoms with Crippen molar-refractivity contribution in [1.82, 2.24) is 9.88 Å². The van der Waals surface area contributed by atoms with E-state index in [-0.39, 0.29) is 24.8 Å². The third kappa shape index (κ3) is 3.23. The van der Waals surface area contributed by atoms with Gasteiger partial charge in [-0.05, 0) is 33.8 Å². The molecule has 23 heavy (non-hydrogen) atoms. The first-order valence-corrected chi connectivity index (χ1v) is 7.62. The molecule has 1 aromatic carbocycles. The van der Waals surface area contributed by atoms with Gasteiger partial charge in [-0.3, -0.25) is 9.69 Å². The number of hydrogen-bond donors (Lipinski definition) is 2. The number of methoxy groups -OCH3 is 1. The number of fused-ring (bicyclic) bond motifs is 1. The second-order valence-electron chi connectivity index (χ2n) is 6.11. The number of aliphatic hydroxyl groups excluding tert-OH is 1. The fourth-order valence-electron chi connectivity index (χ4n) is 2.99. The van der Waals surface area contributed by atoms with Crippen molar-refractivity contribution < 1.29 is 20.5 Å². The SMILES string of the molecule is COc1cc(F)cc2[nH]cc(C(=O)C(O)N(C(C)C)C(C)C)c12.[HH]. The highest BCUT2D eigenvalue weighted by atomic mass is 19.1. The van der Waals surface area contributed by atoms with Crippen molar-refractivity contribution in [3.63, 3.8) is 0 Å². The highest BCUT2D eigenvalue weighted by molar-refractivity contribution is 6.11. The normalized spacial score (nSPS) is 13.3. The van der Waals surface area contributed by atoms with Crippen LogP contribution in [-0.4, -0.2) is 46.2 Å². The Morgan fingerprint density at radius 2 is 1.91 bits per heavy atom. The van der Waals surface area contributed by atoms with Gasteiger partial charge in [0.1, 0.15) is 11.6 Å². The minimum Gasteiger partial charge on any atom is -0.496 e. The number of aliphatic hydroxyl groups is 1. The summed E-state index contributed by atoms with van der Waals surface area (Å²) in [7, 11) is 1.42. The second kappa shape index (κ2) is 6.68. The number of H-pyrrole nitrogens is 1. The van der Waals surface area contributed by atoms with Crippen molar-refractivity contribution in [2.75, 3.05) is 7.11 Å². The van der Waals surface area contributed by atoms with E-state index in [0.29, 0.717) is 10.9 Å². The van der Waals surface area contributed by atoms with Gasteiger partial charge in [0, 0.05) is 25.8 Å². The zero-order valence-electron chi connectivity index (χ0n) is 14.1. The standard InChI is InChI=1S/C17H23FN2O3.H2/c1-9(2)20(10(3)4)17(22)16(21)12-8-19-13-6-11(18)7-14(23-5)15(12)13;/h6-10,17,19,22H,1-5H3;1H. The van der Waals surface area contributed by atoms with Crippen LogP contribution in [0.5, 0.6) is 5.75 Å². The van der Waals surface area contributed by atoms with Crippen LogP contribution in [0.4, 0.5) is 4.39 Å². The number of Topliss-reactive ketones (excluding diaryl/α,β-unsaturated/α-hetero) is 1. The van der Waals surface area contributed by atoms with Gasteiger partial charge in [0.2, 0.25) is 5.78 Å². The van der Waals surface area contributed by atoms with Crippen LogP contribution in [0.3, 0.4) is 0 Å². The van der Waals surface area contributed by atoms with Crippen LogP contribution in [0.1, 0.15) is 39.5 Å². The molecule has 5 nitrogen and oxygen atoms in total. The average Bonchev–Trinajstić information content (AvgIpc) is 2.88. The number of ether oxygens (including phenoxy) is 1. The highest BCUT2D eigenvalue weighted by Crippen LogP contribution is 2.31. The number of nitrogens with zero attached hydrogens (tertiary/aromatic N) is 1. The molecule has 2 rings (SSSR count). The lowest BCUT2D eigenvalue weighted by atomic mass is 10.0. The Hall–Kier alpha value is -1.92. The van der Waals surface area contributed by atoms with E-state index < -0.39 is 17.8 Å². The first kappa shape index (κ1) is 17.4. The molecule has 0 fully saturated rings. The molecule has 0 spiro atoms. The average molecular weight is 324 g/mol. The predicted molar refractivity (Wildman–Crippen MR) is 89.4 cm³/mol. The van der Waals surface area contributed by atoms with Crippen molar-refractivity contribution in [1.29, 1.82) is 0 Å². The molecular weight excluding hydrogens is 299 g/mol. The molecule has 2 aromatic rings. The summed E-state index contributed by atoms with van der Waals surface area (Å²) in [6, 6.07) is 2.52. The van der Waals surface area contributed by atoms with Crippen LogP contribution in [0, 0.1) is 5.82 Å². The van der Waals surface area contributed by atoms with Crippen LogP contribution >= 0.6 is 0 Å². The van der Waals surface area contributed by atoms with Gasteiger partial charge in [-0.25, -0.2) is 4.39 Å². The molecule has 0 saturated heterocycles. The van der Waals surface area contributed by atoms with E-state index in [0.717, 1.165) is 0 Å². The Bertz CT molecular complexity index is 707. The van der Waals surface area contributed by atoms with Crippen LogP contribution < -0.4 is 4.74 Å². The number of benzene rings is 1. The van der Waals surface area contributed by atoms with Crippen molar-refractivity contribution in [2.45, 2.75) is 46.0 Å². The Morgan fingerprint density at radius 1 is 1.30 bits per heavy atom.